The normalized spacial score (nSPS) is 12.8. The molecule has 0 spiro atoms. The van der Waals surface area contributed by atoms with Crippen LogP contribution in [0.15, 0.2) is 30.3 Å². The third-order valence-corrected chi connectivity index (χ3v) is 6.87. The molecule has 6 heteroatoms. The smallest absolute Gasteiger partial charge is 0.371 e. The largest absolute Gasteiger partial charge is 0.469 e. The van der Waals surface area contributed by atoms with E-state index in [0.717, 1.165) is 24.8 Å². The van der Waals surface area contributed by atoms with Crippen molar-refractivity contribution in [1.29, 1.82) is 0 Å². The average molecular weight is 499 g/mol. The van der Waals surface area contributed by atoms with E-state index in [4.69, 9.17) is 19.0 Å². The Morgan fingerprint density at radius 3 is 1.59 bits per heavy atom. The van der Waals surface area contributed by atoms with Crippen molar-refractivity contribution in [3.05, 3.63) is 35.9 Å². The molecule has 0 heterocycles. The number of hydrogen-bond acceptors (Lipinski definition) is 3. The first-order valence-corrected chi connectivity index (χ1v) is 15.4. The highest BCUT2D eigenvalue weighted by molar-refractivity contribution is 7.46. The Labute approximate surface area is 209 Å². The predicted octanol–water partition coefficient (Wildman–Crippen LogP) is 8.72. The van der Waals surface area contributed by atoms with Crippen molar-refractivity contribution >= 4 is 7.82 Å². The summed E-state index contributed by atoms with van der Waals surface area (Å²) < 4.78 is 21.6. The van der Waals surface area contributed by atoms with Crippen LogP contribution in [0.3, 0.4) is 0 Å². The highest BCUT2D eigenvalue weighted by Gasteiger charge is 2.18. The van der Waals surface area contributed by atoms with Gasteiger partial charge >= 0.3 is 7.82 Å². The third-order valence-electron chi connectivity index (χ3n) is 6.39. The molecular formula is C28H51O5P. The number of rotatable bonds is 24. The topological polar surface area (TPSA) is 76.0 Å². The van der Waals surface area contributed by atoms with Gasteiger partial charge in [0.2, 0.25) is 0 Å². The number of phosphoric ester groups is 1. The van der Waals surface area contributed by atoms with Crippen LogP contribution in [0.4, 0.5) is 0 Å². The maximum Gasteiger partial charge on any atom is 0.469 e. The first-order valence-electron chi connectivity index (χ1n) is 13.9. The first kappa shape index (κ1) is 31.3. The molecule has 0 saturated heterocycles. The van der Waals surface area contributed by atoms with Gasteiger partial charge < -0.3 is 14.5 Å². The monoisotopic (exact) mass is 498 g/mol. The fourth-order valence-electron chi connectivity index (χ4n) is 4.28. The van der Waals surface area contributed by atoms with E-state index >= 15 is 0 Å². The number of hydrogen-bond donors (Lipinski definition) is 2. The van der Waals surface area contributed by atoms with E-state index in [2.05, 4.69) is 6.92 Å². The van der Waals surface area contributed by atoms with E-state index in [0.29, 0.717) is 6.61 Å². The molecule has 0 fully saturated rings. The van der Waals surface area contributed by atoms with Gasteiger partial charge in [-0.1, -0.05) is 146 Å². The second-order valence-electron chi connectivity index (χ2n) is 9.65. The zero-order chi connectivity index (χ0) is 24.7. The Bertz CT molecular complexity index is 604. The fraction of sp³-hybridized carbons (Fsp3) is 0.786. The Morgan fingerprint density at radius 2 is 1.15 bits per heavy atom. The van der Waals surface area contributed by atoms with Gasteiger partial charge in [0.25, 0.3) is 0 Å². The summed E-state index contributed by atoms with van der Waals surface area (Å²) >= 11 is 0. The van der Waals surface area contributed by atoms with E-state index < -0.39 is 7.82 Å². The van der Waals surface area contributed by atoms with Gasteiger partial charge in [0.15, 0.2) is 0 Å². The zero-order valence-electron chi connectivity index (χ0n) is 21.7. The molecule has 0 bridgehead atoms. The summed E-state index contributed by atoms with van der Waals surface area (Å²) in [6.07, 6.45) is 23.1. The Morgan fingerprint density at radius 1 is 0.706 bits per heavy atom. The van der Waals surface area contributed by atoms with Crippen LogP contribution in [0.5, 0.6) is 0 Å². The second kappa shape index (κ2) is 21.6. The summed E-state index contributed by atoms with van der Waals surface area (Å²) in [5.41, 5.74) is 1.05. The zero-order valence-corrected chi connectivity index (χ0v) is 22.6. The van der Waals surface area contributed by atoms with Crippen LogP contribution in [-0.4, -0.2) is 22.5 Å². The van der Waals surface area contributed by atoms with Crippen LogP contribution < -0.4 is 0 Å². The van der Waals surface area contributed by atoms with Gasteiger partial charge in [-0.25, -0.2) is 4.57 Å². The van der Waals surface area contributed by atoms with Crippen molar-refractivity contribution in [2.75, 3.05) is 6.61 Å². The van der Waals surface area contributed by atoms with Crippen molar-refractivity contribution in [3.63, 3.8) is 0 Å². The lowest BCUT2D eigenvalue weighted by atomic mass is 10.0. The number of ether oxygens (including phenoxy) is 1. The molecule has 1 aromatic rings. The van der Waals surface area contributed by atoms with Gasteiger partial charge in [-0.2, -0.15) is 0 Å². The second-order valence-corrected chi connectivity index (χ2v) is 10.9. The van der Waals surface area contributed by atoms with Gasteiger partial charge in [-0.05, 0) is 12.0 Å². The molecule has 0 aliphatic heterocycles. The minimum Gasteiger partial charge on any atom is -0.371 e. The molecule has 0 aliphatic rings. The third kappa shape index (κ3) is 20.6. The van der Waals surface area contributed by atoms with E-state index in [1.54, 1.807) is 0 Å². The SMILES string of the molecule is CCCCCCCCCCCCCCCCCCC[C@H](COP(=O)(O)O)OCc1ccccc1. The van der Waals surface area contributed by atoms with E-state index in [1.807, 2.05) is 30.3 Å². The Hall–Kier alpha value is -0.710. The molecule has 2 N–H and O–H groups in total. The summed E-state index contributed by atoms with van der Waals surface area (Å²) in [6, 6.07) is 9.83. The summed E-state index contributed by atoms with van der Waals surface area (Å²) in [4.78, 5) is 18.0. The maximum absolute atomic E-state index is 11.1. The number of unbranched alkanes of at least 4 members (excludes halogenated alkanes) is 16. The van der Waals surface area contributed by atoms with Crippen LogP contribution in [0.1, 0.15) is 128 Å². The summed E-state index contributed by atoms with van der Waals surface area (Å²) in [7, 11) is -4.47. The van der Waals surface area contributed by atoms with Crippen molar-refractivity contribution < 1.29 is 23.6 Å². The van der Waals surface area contributed by atoms with Crippen LogP contribution in [0.2, 0.25) is 0 Å². The van der Waals surface area contributed by atoms with Gasteiger partial charge in [-0.15, -0.1) is 0 Å². The molecule has 34 heavy (non-hydrogen) atoms. The van der Waals surface area contributed by atoms with Crippen molar-refractivity contribution in [2.45, 2.75) is 135 Å². The molecule has 0 amide bonds. The first-order chi connectivity index (χ1) is 16.5. The van der Waals surface area contributed by atoms with Crippen LogP contribution in [0, 0.1) is 0 Å². The minimum absolute atomic E-state index is 0.0734. The Balaban J connectivity index is 1.98. The van der Waals surface area contributed by atoms with E-state index in [-0.39, 0.29) is 12.7 Å². The van der Waals surface area contributed by atoms with Gasteiger partial charge in [0.05, 0.1) is 19.3 Å². The lowest BCUT2D eigenvalue weighted by Gasteiger charge is -2.18. The molecule has 1 aromatic carbocycles. The van der Waals surface area contributed by atoms with Crippen molar-refractivity contribution in [2.24, 2.45) is 0 Å². The molecule has 0 aliphatic carbocycles. The fourth-order valence-corrected chi connectivity index (χ4v) is 4.64. The Kier molecular flexibility index (Phi) is 19.9. The minimum atomic E-state index is -4.47. The van der Waals surface area contributed by atoms with Crippen LogP contribution in [0.25, 0.3) is 0 Å². The highest BCUT2D eigenvalue weighted by Crippen LogP contribution is 2.36. The van der Waals surface area contributed by atoms with Gasteiger partial charge in [0.1, 0.15) is 0 Å². The lowest BCUT2D eigenvalue weighted by Crippen LogP contribution is -2.19. The number of phosphoric acid groups is 1. The van der Waals surface area contributed by atoms with E-state index in [1.165, 1.54) is 96.3 Å². The summed E-state index contributed by atoms with van der Waals surface area (Å²) in [6.45, 7) is 2.63. The molecule has 0 saturated carbocycles. The quantitative estimate of drug-likeness (QED) is 0.110. The molecule has 0 radical (unpaired) electrons. The number of benzene rings is 1. The maximum atomic E-state index is 11.1. The van der Waals surface area contributed by atoms with Crippen molar-refractivity contribution in [3.8, 4) is 0 Å². The molecule has 0 aromatic heterocycles. The van der Waals surface area contributed by atoms with Crippen molar-refractivity contribution in [1.82, 2.24) is 0 Å². The lowest BCUT2D eigenvalue weighted by molar-refractivity contribution is -0.00375. The summed E-state index contributed by atoms with van der Waals surface area (Å²) in [5, 5.41) is 0. The van der Waals surface area contributed by atoms with Crippen LogP contribution in [-0.2, 0) is 20.4 Å². The molecule has 1 rings (SSSR count). The molecule has 198 valence electrons. The summed E-state index contributed by atoms with van der Waals surface area (Å²) in [5.74, 6) is 0. The average Bonchev–Trinajstić information content (AvgIpc) is 2.82. The molecule has 0 unspecified atom stereocenters. The molecule has 5 nitrogen and oxygen atoms in total. The van der Waals surface area contributed by atoms with Gasteiger partial charge in [-0.3, -0.25) is 4.52 Å². The standard InChI is InChI=1S/C28H51O5P/c1-2-3-4-5-6-7-8-9-10-11-12-13-14-15-16-17-21-24-28(26-33-34(29,30)31)32-25-27-22-19-18-20-23-27/h18-20,22-23,28H,2-17,21,24-26H2,1H3,(H2,29,30,31)/t28-/m1/s1. The van der Waals surface area contributed by atoms with E-state index in [9.17, 15) is 4.57 Å². The molecule has 1 atom stereocenters. The van der Waals surface area contributed by atoms with Gasteiger partial charge in [0, 0.05) is 0 Å². The van der Waals surface area contributed by atoms with Crippen LogP contribution >= 0.6 is 7.82 Å². The molecular weight excluding hydrogens is 447 g/mol. The highest BCUT2D eigenvalue weighted by atomic mass is 31.2. The predicted molar refractivity (Wildman–Crippen MR) is 142 cm³/mol.